The Hall–Kier alpha value is -2.11. The van der Waals surface area contributed by atoms with E-state index in [2.05, 4.69) is 18.2 Å². The van der Waals surface area contributed by atoms with E-state index in [4.69, 9.17) is 20.3 Å². The van der Waals surface area contributed by atoms with Crippen LogP contribution in [-0.2, 0) is 12.8 Å². The molecule has 0 unspecified atom stereocenters. The first-order valence-corrected chi connectivity index (χ1v) is 10.5. The van der Waals surface area contributed by atoms with Crippen LogP contribution in [0.25, 0.3) is 0 Å². The summed E-state index contributed by atoms with van der Waals surface area (Å²) in [6, 6.07) is 11.7. The van der Waals surface area contributed by atoms with Gasteiger partial charge in [-0.3, -0.25) is 0 Å². The van der Waals surface area contributed by atoms with E-state index in [1.165, 1.54) is 23.8 Å². The summed E-state index contributed by atoms with van der Waals surface area (Å²) in [5.41, 5.74) is 10.0. The van der Waals surface area contributed by atoms with Gasteiger partial charge in [-0.1, -0.05) is 30.7 Å². The summed E-state index contributed by atoms with van der Waals surface area (Å²) in [7, 11) is 1.45. The number of nitrogens with two attached hydrogens (primary N) is 1. The van der Waals surface area contributed by atoms with E-state index < -0.39 is 5.82 Å². The SMILES string of the molecule is COc1cccc(OC[C@@H]2CCc3cc([C@H](CN)CCCCO)ccc3C2)c1F. The number of aryl methyl sites for hydroxylation is 1. The van der Waals surface area contributed by atoms with Crippen molar-refractivity contribution in [3.8, 4) is 11.5 Å². The fraction of sp³-hybridized carbons (Fsp3) is 0.500. The van der Waals surface area contributed by atoms with Crippen molar-refractivity contribution < 1.29 is 19.0 Å². The Labute approximate surface area is 172 Å². The van der Waals surface area contributed by atoms with Crippen molar-refractivity contribution >= 4 is 0 Å². The third-order valence-corrected chi connectivity index (χ3v) is 5.90. The van der Waals surface area contributed by atoms with Gasteiger partial charge in [0.25, 0.3) is 0 Å². The average Bonchev–Trinajstić information content (AvgIpc) is 2.75. The maximum Gasteiger partial charge on any atom is 0.206 e. The molecule has 1 aliphatic carbocycles. The number of benzene rings is 2. The fourth-order valence-corrected chi connectivity index (χ4v) is 4.14. The molecular weight excluding hydrogens is 369 g/mol. The molecule has 158 valence electrons. The number of hydrogen-bond donors (Lipinski definition) is 2. The number of halogens is 1. The summed E-state index contributed by atoms with van der Waals surface area (Å²) in [5, 5.41) is 8.99. The quantitative estimate of drug-likeness (QED) is 0.585. The van der Waals surface area contributed by atoms with Crippen LogP contribution in [0.4, 0.5) is 4.39 Å². The number of ether oxygens (including phenoxy) is 2. The lowest BCUT2D eigenvalue weighted by atomic mass is 9.81. The maximum absolute atomic E-state index is 14.3. The molecule has 0 saturated carbocycles. The van der Waals surface area contributed by atoms with Crippen LogP contribution < -0.4 is 15.2 Å². The number of aliphatic hydroxyl groups is 1. The molecule has 2 aromatic rings. The smallest absolute Gasteiger partial charge is 0.206 e. The van der Waals surface area contributed by atoms with E-state index in [9.17, 15) is 4.39 Å². The molecular formula is C24H32FNO3. The Morgan fingerprint density at radius 3 is 2.76 bits per heavy atom. The first-order valence-electron chi connectivity index (χ1n) is 10.5. The minimum Gasteiger partial charge on any atom is -0.494 e. The minimum atomic E-state index is -0.440. The maximum atomic E-state index is 14.3. The van der Waals surface area contributed by atoms with Crippen LogP contribution in [0.1, 0.15) is 48.3 Å². The molecule has 2 atom stereocenters. The van der Waals surface area contributed by atoms with E-state index in [0.717, 1.165) is 38.5 Å². The second kappa shape index (κ2) is 10.6. The first-order chi connectivity index (χ1) is 14.2. The Kier molecular flexibility index (Phi) is 7.90. The lowest BCUT2D eigenvalue weighted by molar-refractivity contribution is 0.223. The molecule has 3 rings (SSSR count). The first kappa shape index (κ1) is 21.6. The highest BCUT2D eigenvalue weighted by molar-refractivity contribution is 5.37. The largest absolute Gasteiger partial charge is 0.494 e. The Morgan fingerprint density at radius 1 is 1.17 bits per heavy atom. The Bertz CT molecular complexity index is 796. The lowest BCUT2D eigenvalue weighted by Crippen LogP contribution is -2.21. The third kappa shape index (κ3) is 5.49. The molecule has 0 radical (unpaired) electrons. The van der Waals surface area contributed by atoms with Gasteiger partial charge in [-0.25, -0.2) is 0 Å². The molecule has 29 heavy (non-hydrogen) atoms. The van der Waals surface area contributed by atoms with Gasteiger partial charge in [0.15, 0.2) is 11.5 Å². The monoisotopic (exact) mass is 401 g/mol. The normalized spacial score (nSPS) is 16.9. The van der Waals surface area contributed by atoms with E-state index in [0.29, 0.717) is 25.0 Å². The van der Waals surface area contributed by atoms with Gasteiger partial charge in [-0.2, -0.15) is 4.39 Å². The molecule has 3 N–H and O–H groups in total. The molecule has 0 amide bonds. The summed E-state index contributed by atoms with van der Waals surface area (Å²) >= 11 is 0. The van der Waals surface area contributed by atoms with Crippen molar-refractivity contribution in [3.05, 3.63) is 58.9 Å². The van der Waals surface area contributed by atoms with Gasteiger partial charge < -0.3 is 20.3 Å². The molecule has 0 aliphatic heterocycles. The van der Waals surface area contributed by atoms with Crippen molar-refractivity contribution in [2.24, 2.45) is 11.7 Å². The summed E-state index contributed by atoms with van der Waals surface area (Å²) in [6.45, 7) is 1.37. The van der Waals surface area contributed by atoms with Gasteiger partial charge >= 0.3 is 0 Å². The molecule has 0 fully saturated rings. The molecule has 2 aromatic carbocycles. The zero-order valence-corrected chi connectivity index (χ0v) is 17.2. The van der Waals surface area contributed by atoms with Crippen LogP contribution in [0, 0.1) is 11.7 Å². The predicted octanol–water partition coefficient (Wildman–Crippen LogP) is 4.22. The van der Waals surface area contributed by atoms with Crippen molar-refractivity contribution in [3.63, 3.8) is 0 Å². The highest BCUT2D eigenvalue weighted by Gasteiger charge is 2.21. The number of rotatable bonds is 10. The van der Waals surface area contributed by atoms with E-state index >= 15 is 0 Å². The lowest BCUT2D eigenvalue weighted by Gasteiger charge is -2.26. The van der Waals surface area contributed by atoms with Crippen molar-refractivity contribution in [2.45, 2.75) is 44.4 Å². The number of methoxy groups -OCH3 is 1. The molecule has 0 bridgehead atoms. The molecule has 1 aliphatic rings. The van der Waals surface area contributed by atoms with Gasteiger partial charge in [0, 0.05) is 6.61 Å². The molecule has 0 spiro atoms. The molecule has 0 heterocycles. The average molecular weight is 402 g/mol. The molecule has 0 saturated heterocycles. The molecule has 0 aromatic heterocycles. The van der Waals surface area contributed by atoms with Crippen LogP contribution in [0.5, 0.6) is 11.5 Å². The van der Waals surface area contributed by atoms with Crippen molar-refractivity contribution in [1.82, 2.24) is 0 Å². The summed E-state index contributed by atoms with van der Waals surface area (Å²) in [4.78, 5) is 0. The number of unbranched alkanes of at least 4 members (excludes halogenated alkanes) is 1. The summed E-state index contributed by atoms with van der Waals surface area (Å²) in [6.07, 6.45) is 5.82. The van der Waals surface area contributed by atoms with Gasteiger partial charge in [-0.15, -0.1) is 0 Å². The van der Waals surface area contributed by atoms with E-state index in [-0.39, 0.29) is 18.1 Å². The predicted molar refractivity (Wildman–Crippen MR) is 113 cm³/mol. The fourth-order valence-electron chi connectivity index (χ4n) is 4.14. The second-order valence-corrected chi connectivity index (χ2v) is 7.87. The Balaban J connectivity index is 1.60. The van der Waals surface area contributed by atoms with E-state index in [1.807, 2.05) is 0 Å². The van der Waals surface area contributed by atoms with Gasteiger partial charge in [0.2, 0.25) is 5.82 Å². The van der Waals surface area contributed by atoms with Crippen LogP contribution in [0.3, 0.4) is 0 Å². The zero-order valence-electron chi connectivity index (χ0n) is 17.2. The van der Waals surface area contributed by atoms with Crippen LogP contribution in [-0.4, -0.2) is 32.0 Å². The Morgan fingerprint density at radius 2 is 2.00 bits per heavy atom. The summed E-state index contributed by atoms with van der Waals surface area (Å²) in [5.74, 6) is 0.735. The highest BCUT2D eigenvalue weighted by Crippen LogP contribution is 2.31. The van der Waals surface area contributed by atoms with Crippen molar-refractivity contribution in [2.75, 3.05) is 26.9 Å². The standard InChI is InChI=1S/C24H32FNO3/c1-28-22-6-4-7-23(24(22)25)29-16-17-8-9-19-14-20(11-10-18(19)13-17)21(15-26)5-2-3-12-27/h4,6-7,10-11,14,17,21,27H,2-3,5,8-9,12-13,15-16,26H2,1H3/t17-,21+/m1/s1. The van der Waals surface area contributed by atoms with Gasteiger partial charge in [-0.05, 0) is 79.3 Å². The minimum absolute atomic E-state index is 0.206. The second-order valence-electron chi connectivity index (χ2n) is 7.87. The van der Waals surface area contributed by atoms with Gasteiger partial charge in [0.05, 0.1) is 13.7 Å². The number of aliphatic hydroxyl groups excluding tert-OH is 1. The van der Waals surface area contributed by atoms with Crippen LogP contribution >= 0.6 is 0 Å². The number of fused-ring (bicyclic) bond motifs is 1. The highest BCUT2D eigenvalue weighted by atomic mass is 19.1. The molecule has 4 nitrogen and oxygen atoms in total. The van der Waals surface area contributed by atoms with Gasteiger partial charge in [0.1, 0.15) is 0 Å². The van der Waals surface area contributed by atoms with Crippen LogP contribution in [0.15, 0.2) is 36.4 Å². The van der Waals surface area contributed by atoms with E-state index in [1.54, 1.807) is 18.2 Å². The van der Waals surface area contributed by atoms with Crippen LogP contribution in [0.2, 0.25) is 0 Å². The van der Waals surface area contributed by atoms with Crippen molar-refractivity contribution in [1.29, 1.82) is 0 Å². The summed E-state index contributed by atoms with van der Waals surface area (Å²) < 4.78 is 25.1. The number of hydrogen-bond acceptors (Lipinski definition) is 4. The topological polar surface area (TPSA) is 64.7 Å². The zero-order chi connectivity index (χ0) is 20.6. The molecule has 5 heteroatoms. The third-order valence-electron chi connectivity index (χ3n) is 5.90.